The second-order valence-electron chi connectivity index (χ2n) is 5.97. The highest BCUT2D eigenvalue weighted by Gasteiger charge is 2.25. The van der Waals surface area contributed by atoms with E-state index in [0.29, 0.717) is 12.0 Å². The number of hydrogen-bond donors (Lipinski definition) is 2. The Morgan fingerprint density at radius 2 is 2.05 bits per heavy atom. The number of amidine groups is 1. The molecule has 0 amide bonds. The molecule has 4 nitrogen and oxygen atoms in total. The lowest BCUT2D eigenvalue weighted by molar-refractivity contribution is 0.101. The van der Waals surface area contributed by atoms with Gasteiger partial charge in [0.2, 0.25) is 0 Å². The molecule has 1 saturated carbocycles. The number of nitrogens with zero attached hydrogens (tertiary/aromatic N) is 1. The molecule has 4 heteroatoms. The van der Waals surface area contributed by atoms with Crippen LogP contribution in [0.1, 0.15) is 44.2 Å². The summed E-state index contributed by atoms with van der Waals surface area (Å²) in [7, 11) is 0. The Hall–Kier alpha value is -1.71. The maximum absolute atomic E-state index is 8.73. The summed E-state index contributed by atoms with van der Waals surface area (Å²) in [5.41, 5.74) is 7.32. The van der Waals surface area contributed by atoms with Gasteiger partial charge in [0.05, 0.1) is 6.10 Å². The Bertz CT molecular complexity index is 499. The Morgan fingerprint density at radius 1 is 1.30 bits per heavy atom. The van der Waals surface area contributed by atoms with Gasteiger partial charge in [0, 0.05) is 5.56 Å². The minimum absolute atomic E-state index is 0.133. The summed E-state index contributed by atoms with van der Waals surface area (Å²) in [6.07, 6.45) is 3.76. The molecule has 0 radical (unpaired) electrons. The predicted octanol–water partition coefficient (Wildman–Crippen LogP) is 3.29. The number of nitrogens with two attached hydrogens (primary N) is 1. The molecule has 0 spiro atoms. The molecule has 1 aromatic carbocycles. The monoisotopic (exact) mass is 276 g/mol. The molecule has 3 atom stereocenters. The van der Waals surface area contributed by atoms with Crippen molar-refractivity contribution in [1.82, 2.24) is 0 Å². The minimum atomic E-state index is 0.133. The zero-order chi connectivity index (χ0) is 14.7. The summed E-state index contributed by atoms with van der Waals surface area (Å²) in [4.78, 5) is 0. The average Bonchev–Trinajstić information content (AvgIpc) is 2.42. The molecule has 0 bridgehead atoms. The van der Waals surface area contributed by atoms with E-state index in [4.69, 9.17) is 15.7 Å². The van der Waals surface area contributed by atoms with Crippen molar-refractivity contribution in [3.8, 4) is 5.75 Å². The first-order valence-corrected chi connectivity index (χ1v) is 7.26. The van der Waals surface area contributed by atoms with Crippen LogP contribution in [0.2, 0.25) is 0 Å². The normalized spacial score (nSPS) is 27.4. The predicted molar refractivity (Wildman–Crippen MR) is 80.3 cm³/mol. The first kappa shape index (κ1) is 14.7. The van der Waals surface area contributed by atoms with Gasteiger partial charge in [-0.1, -0.05) is 19.0 Å². The molecule has 3 N–H and O–H groups in total. The van der Waals surface area contributed by atoms with Crippen LogP contribution in [-0.2, 0) is 0 Å². The third-order valence-corrected chi connectivity index (χ3v) is 4.43. The molecule has 1 fully saturated rings. The molecule has 1 aliphatic carbocycles. The van der Waals surface area contributed by atoms with Crippen LogP contribution in [0, 0.1) is 18.8 Å². The van der Waals surface area contributed by atoms with E-state index in [-0.39, 0.29) is 5.84 Å². The van der Waals surface area contributed by atoms with Crippen LogP contribution in [0.4, 0.5) is 0 Å². The van der Waals surface area contributed by atoms with E-state index in [0.717, 1.165) is 35.6 Å². The maximum atomic E-state index is 8.73. The summed E-state index contributed by atoms with van der Waals surface area (Å²) in [5.74, 6) is 2.50. The fourth-order valence-corrected chi connectivity index (χ4v) is 2.85. The van der Waals surface area contributed by atoms with Gasteiger partial charge in [0.1, 0.15) is 5.75 Å². The molecule has 2 rings (SSSR count). The Labute approximate surface area is 120 Å². The molecule has 0 saturated heterocycles. The third kappa shape index (κ3) is 3.24. The van der Waals surface area contributed by atoms with Crippen LogP contribution in [0.5, 0.6) is 5.75 Å². The first-order chi connectivity index (χ1) is 9.51. The number of rotatable bonds is 3. The van der Waals surface area contributed by atoms with E-state index in [9.17, 15) is 0 Å². The van der Waals surface area contributed by atoms with Crippen molar-refractivity contribution in [2.45, 2.75) is 46.1 Å². The molecule has 110 valence electrons. The van der Waals surface area contributed by atoms with Crippen molar-refractivity contribution >= 4 is 5.84 Å². The molecule has 0 heterocycles. The summed E-state index contributed by atoms with van der Waals surface area (Å²) >= 11 is 0. The zero-order valence-electron chi connectivity index (χ0n) is 12.5. The van der Waals surface area contributed by atoms with Crippen LogP contribution >= 0.6 is 0 Å². The van der Waals surface area contributed by atoms with Crippen LogP contribution in [0.3, 0.4) is 0 Å². The van der Waals surface area contributed by atoms with Gasteiger partial charge in [0.25, 0.3) is 0 Å². The SMILES string of the molecule is Cc1cc(OC2CCC(C)C(C)C2)ccc1/C(N)=N/O. The maximum Gasteiger partial charge on any atom is 0.170 e. The zero-order valence-corrected chi connectivity index (χ0v) is 12.5. The van der Waals surface area contributed by atoms with Crippen LogP contribution in [0.25, 0.3) is 0 Å². The van der Waals surface area contributed by atoms with E-state index in [1.54, 1.807) is 0 Å². The highest BCUT2D eigenvalue weighted by atomic mass is 16.5. The number of benzene rings is 1. The Kier molecular flexibility index (Phi) is 4.53. The second kappa shape index (κ2) is 6.16. The molecule has 20 heavy (non-hydrogen) atoms. The molecule has 1 aliphatic rings. The number of oxime groups is 1. The van der Waals surface area contributed by atoms with E-state index < -0.39 is 0 Å². The number of ether oxygens (including phenoxy) is 1. The van der Waals surface area contributed by atoms with E-state index in [1.807, 2.05) is 25.1 Å². The summed E-state index contributed by atoms with van der Waals surface area (Å²) < 4.78 is 6.08. The van der Waals surface area contributed by atoms with E-state index >= 15 is 0 Å². The van der Waals surface area contributed by atoms with Gasteiger partial charge in [-0.25, -0.2) is 0 Å². The van der Waals surface area contributed by atoms with Crippen LogP contribution in [0.15, 0.2) is 23.4 Å². The number of aryl methyl sites for hydroxylation is 1. The summed E-state index contributed by atoms with van der Waals surface area (Å²) in [6.45, 7) is 6.55. The average molecular weight is 276 g/mol. The smallest absolute Gasteiger partial charge is 0.170 e. The van der Waals surface area contributed by atoms with Crippen LogP contribution in [-0.4, -0.2) is 17.1 Å². The molecule has 3 unspecified atom stereocenters. The largest absolute Gasteiger partial charge is 0.490 e. The van der Waals surface area contributed by atoms with Gasteiger partial charge in [-0.2, -0.15) is 0 Å². The highest BCUT2D eigenvalue weighted by molar-refractivity contribution is 5.98. The van der Waals surface area contributed by atoms with Crippen molar-refractivity contribution in [1.29, 1.82) is 0 Å². The Balaban J connectivity index is 2.06. The summed E-state index contributed by atoms with van der Waals surface area (Å²) in [6, 6.07) is 5.69. The van der Waals surface area contributed by atoms with Crippen molar-refractivity contribution in [2.75, 3.05) is 0 Å². The van der Waals surface area contributed by atoms with Gasteiger partial charge in [0.15, 0.2) is 5.84 Å². The first-order valence-electron chi connectivity index (χ1n) is 7.26. The molecular weight excluding hydrogens is 252 g/mol. The number of hydrogen-bond acceptors (Lipinski definition) is 3. The molecule has 1 aromatic rings. The van der Waals surface area contributed by atoms with E-state index in [1.165, 1.54) is 6.42 Å². The van der Waals surface area contributed by atoms with Crippen molar-refractivity contribution in [2.24, 2.45) is 22.7 Å². The van der Waals surface area contributed by atoms with Gasteiger partial charge >= 0.3 is 0 Å². The molecule has 0 aliphatic heterocycles. The summed E-state index contributed by atoms with van der Waals surface area (Å²) in [5, 5.41) is 11.8. The second-order valence-corrected chi connectivity index (χ2v) is 5.97. The van der Waals surface area contributed by atoms with E-state index in [2.05, 4.69) is 19.0 Å². The van der Waals surface area contributed by atoms with Crippen molar-refractivity contribution in [3.05, 3.63) is 29.3 Å². The van der Waals surface area contributed by atoms with Gasteiger partial charge < -0.3 is 15.7 Å². The van der Waals surface area contributed by atoms with Gasteiger partial charge in [-0.05, 0) is 61.8 Å². The lowest BCUT2D eigenvalue weighted by Crippen LogP contribution is -2.28. The fraction of sp³-hybridized carbons (Fsp3) is 0.562. The minimum Gasteiger partial charge on any atom is -0.490 e. The van der Waals surface area contributed by atoms with Crippen molar-refractivity contribution in [3.63, 3.8) is 0 Å². The standard InChI is InChI=1S/C16H24N2O2/c1-10-4-5-13(8-11(10)2)20-14-6-7-15(12(3)9-14)16(17)18-19/h6-7,9-11,13,19H,4-5,8H2,1-3H3,(H2,17,18). The lowest BCUT2D eigenvalue weighted by Gasteiger charge is -2.32. The molecule has 0 aromatic heterocycles. The third-order valence-electron chi connectivity index (χ3n) is 4.43. The van der Waals surface area contributed by atoms with Crippen LogP contribution < -0.4 is 10.5 Å². The highest BCUT2D eigenvalue weighted by Crippen LogP contribution is 2.32. The topological polar surface area (TPSA) is 67.8 Å². The lowest BCUT2D eigenvalue weighted by atomic mass is 9.80. The fourth-order valence-electron chi connectivity index (χ4n) is 2.85. The quantitative estimate of drug-likeness (QED) is 0.385. The van der Waals surface area contributed by atoms with Gasteiger partial charge in [-0.3, -0.25) is 0 Å². The van der Waals surface area contributed by atoms with Gasteiger partial charge in [-0.15, -0.1) is 0 Å². The molecular formula is C16H24N2O2. The Morgan fingerprint density at radius 3 is 2.65 bits per heavy atom. The van der Waals surface area contributed by atoms with Crippen molar-refractivity contribution < 1.29 is 9.94 Å².